The van der Waals surface area contributed by atoms with E-state index in [9.17, 15) is 26.3 Å². The van der Waals surface area contributed by atoms with Gasteiger partial charge in [-0.05, 0) is 6.07 Å². The zero-order valence-corrected chi connectivity index (χ0v) is 26.8. The number of fused-ring (bicyclic) bond motifs is 1. The molecule has 206 valence electrons. The number of benzene rings is 2. The van der Waals surface area contributed by atoms with Crippen LogP contribution in [0.1, 0.15) is 33.4 Å². The van der Waals surface area contributed by atoms with E-state index in [-0.39, 0.29) is 17.1 Å². The van der Waals surface area contributed by atoms with E-state index in [1.807, 2.05) is 0 Å². The maximum Gasteiger partial charge on any atom is 0.416 e. The Morgan fingerprint density at radius 3 is 1.58 bits per heavy atom. The number of rotatable bonds is 1. The first-order chi connectivity index (χ1) is 17.4. The molecule has 0 aliphatic rings. The van der Waals surface area contributed by atoms with Gasteiger partial charge in [-0.15, -0.1) is 46.7 Å². The molecule has 0 unspecified atom stereocenters. The van der Waals surface area contributed by atoms with Crippen molar-refractivity contribution in [2.24, 2.45) is 0 Å². The van der Waals surface area contributed by atoms with Gasteiger partial charge in [0, 0.05) is 0 Å². The molecule has 10 heteroatoms. The minimum absolute atomic E-state index is 0.103. The minimum atomic E-state index is -4.85. The molecule has 0 amide bonds. The summed E-state index contributed by atoms with van der Waals surface area (Å²) in [6, 6.07) is 13.9. The second kappa shape index (κ2) is 13.3. The van der Waals surface area contributed by atoms with E-state index in [2.05, 4.69) is 46.9 Å². The average molecular weight is 669 g/mol. The Kier molecular flexibility index (Phi) is 11.5. The zero-order chi connectivity index (χ0) is 29.0. The van der Waals surface area contributed by atoms with Gasteiger partial charge in [0.1, 0.15) is 0 Å². The number of alkyl halides is 6. The maximum absolute atomic E-state index is 12.9. The van der Waals surface area contributed by atoms with Crippen LogP contribution in [0.3, 0.4) is 0 Å². The quantitative estimate of drug-likeness (QED) is 0.108. The predicted molar refractivity (Wildman–Crippen MR) is 145 cm³/mol. The van der Waals surface area contributed by atoms with E-state index in [1.54, 1.807) is 30.3 Å². The van der Waals surface area contributed by atoms with Crippen LogP contribution in [0.15, 0.2) is 60.7 Å². The van der Waals surface area contributed by atoms with E-state index >= 15 is 0 Å². The molecule has 0 radical (unpaired) electrons. The van der Waals surface area contributed by atoms with Crippen LogP contribution in [0.2, 0.25) is 13.1 Å². The first-order valence-electron chi connectivity index (χ1n) is 11.6. The molecule has 4 rings (SSSR count). The van der Waals surface area contributed by atoms with Crippen LogP contribution in [0, 0.1) is 27.7 Å². The number of hydrogen-bond acceptors (Lipinski definition) is 0. The SMILES string of the molecule is C[Si](C)=[Zr]([Cl])[Cl].Cc1[cH-]c(C)c(C)c1C.FC(F)(F)c1cc(-c2c[cH-]c3ccccc23)cc(C(F)(F)F)c1. The summed E-state index contributed by atoms with van der Waals surface area (Å²) in [4.78, 5) is 0. The van der Waals surface area contributed by atoms with Crippen LogP contribution in [0.5, 0.6) is 0 Å². The van der Waals surface area contributed by atoms with Crippen molar-refractivity contribution in [2.75, 3.05) is 0 Å². The van der Waals surface area contributed by atoms with E-state index in [0.29, 0.717) is 10.9 Å². The predicted octanol–water partition coefficient (Wildman–Crippen LogP) is 11.1. The molecule has 0 fully saturated rings. The molecule has 0 aliphatic carbocycles. The largest absolute Gasteiger partial charge is 0.416 e. The van der Waals surface area contributed by atoms with Crippen LogP contribution in [0.4, 0.5) is 26.3 Å². The Hall–Kier alpha value is -1.34. The zero-order valence-electron chi connectivity index (χ0n) is 21.8. The monoisotopic (exact) mass is 666 g/mol. The number of hydrogen-bond donors (Lipinski definition) is 0. The number of halogens is 8. The third-order valence-corrected chi connectivity index (χ3v) is 25.9. The topological polar surface area (TPSA) is 0 Å². The summed E-state index contributed by atoms with van der Waals surface area (Å²) in [5.74, 6) is 0. The van der Waals surface area contributed by atoms with Crippen molar-refractivity contribution < 1.29 is 44.3 Å². The van der Waals surface area contributed by atoms with Gasteiger partial charge in [-0.25, -0.2) is 0 Å². The van der Waals surface area contributed by atoms with E-state index in [0.717, 1.165) is 17.5 Å². The Morgan fingerprint density at radius 1 is 0.763 bits per heavy atom. The molecule has 0 aromatic heterocycles. The molecule has 4 aromatic rings. The van der Waals surface area contributed by atoms with E-state index in [4.69, 9.17) is 17.0 Å². The second-order valence-corrected chi connectivity index (χ2v) is 32.1. The van der Waals surface area contributed by atoms with E-state index in [1.165, 1.54) is 28.3 Å². The van der Waals surface area contributed by atoms with Crippen LogP contribution in [-0.2, 0) is 30.3 Å². The Labute approximate surface area is 234 Å². The molecular weight excluding hydrogens is 641 g/mol. The van der Waals surface area contributed by atoms with Gasteiger partial charge in [-0.2, -0.15) is 54.7 Å². The summed E-state index contributed by atoms with van der Waals surface area (Å²) in [7, 11) is 11.2. The summed E-state index contributed by atoms with van der Waals surface area (Å²) < 4.78 is 77.5. The molecule has 0 bridgehead atoms. The van der Waals surface area contributed by atoms with Gasteiger partial charge < -0.3 is 0 Å². The smallest absolute Gasteiger partial charge is 0.196 e. The van der Waals surface area contributed by atoms with Crippen LogP contribution in [0.25, 0.3) is 21.9 Å². The van der Waals surface area contributed by atoms with Crippen molar-refractivity contribution in [3.8, 4) is 11.1 Å². The van der Waals surface area contributed by atoms with Crippen molar-refractivity contribution in [1.29, 1.82) is 0 Å². The minimum Gasteiger partial charge on any atom is -0.196 e. The first kappa shape index (κ1) is 32.9. The molecule has 38 heavy (non-hydrogen) atoms. The Morgan fingerprint density at radius 2 is 1.21 bits per heavy atom. The normalized spacial score (nSPS) is 11.4. The van der Waals surface area contributed by atoms with Gasteiger partial charge in [0.05, 0.1) is 11.1 Å². The van der Waals surface area contributed by atoms with E-state index < -0.39 is 41.5 Å². The first-order valence-corrected chi connectivity index (χ1v) is 24.1. The summed E-state index contributed by atoms with van der Waals surface area (Å²) in [6.07, 6.45) is -9.70. The van der Waals surface area contributed by atoms with Crippen molar-refractivity contribution in [2.45, 2.75) is 53.1 Å². The average Bonchev–Trinajstić information content (AvgIpc) is 3.35. The molecule has 0 nitrogen and oxygen atoms in total. The van der Waals surface area contributed by atoms with Gasteiger partial charge in [-0.3, -0.25) is 0 Å². The van der Waals surface area contributed by atoms with Gasteiger partial charge in [0.25, 0.3) is 0 Å². The fraction of sp³-hybridized carbons (Fsp3) is 0.286. The molecule has 0 atom stereocenters. The molecule has 0 aliphatic heterocycles. The van der Waals surface area contributed by atoms with Crippen LogP contribution >= 0.6 is 17.0 Å². The molecular formula is C28H28Cl2F6SiZr-2. The molecule has 0 saturated carbocycles. The second-order valence-electron chi connectivity index (χ2n) is 9.15. The number of aryl methyl sites for hydroxylation is 2. The van der Waals surface area contributed by atoms with Crippen LogP contribution in [-0.4, -0.2) is 5.43 Å². The molecule has 0 heterocycles. The summed E-state index contributed by atoms with van der Waals surface area (Å²) in [5.41, 5.74) is 3.14. The maximum atomic E-state index is 12.9. The molecule has 0 saturated heterocycles. The van der Waals surface area contributed by atoms with Gasteiger partial charge in [-0.1, -0.05) is 51.5 Å². The molecule has 0 spiro atoms. The molecule has 4 aromatic carbocycles. The Bertz CT molecular complexity index is 1350. The van der Waals surface area contributed by atoms with Crippen molar-refractivity contribution in [3.63, 3.8) is 0 Å². The molecule has 0 N–H and O–H groups in total. The van der Waals surface area contributed by atoms with Crippen molar-refractivity contribution in [3.05, 3.63) is 94.0 Å². The summed E-state index contributed by atoms with van der Waals surface area (Å²) >= 11 is -1.65. The van der Waals surface area contributed by atoms with Crippen molar-refractivity contribution >= 4 is 33.2 Å². The Balaban J connectivity index is 0.000000277. The summed E-state index contributed by atoms with van der Waals surface area (Å²) in [5, 5.41) is 1.37. The van der Waals surface area contributed by atoms with Gasteiger partial charge in [0.15, 0.2) is 0 Å². The van der Waals surface area contributed by atoms with Gasteiger partial charge in [0.2, 0.25) is 0 Å². The van der Waals surface area contributed by atoms with Gasteiger partial charge >= 0.3 is 65.9 Å². The van der Waals surface area contributed by atoms with Crippen LogP contribution < -0.4 is 0 Å². The standard InChI is InChI=1S/C17H9F6.C9H13.C2H6Si.2ClH.Zr/c18-16(19,20)12-7-11(8-13(9-12)17(21,22)23)15-6-5-10-3-1-2-4-14(10)15;1-6-5-7(2)9(4)8(6)3;1-3-2;;;/h1-9H;5H,1-4H3;1-2H3;2*1H;/q2*-1;;;;+2/p-2. The fourth-order valence-corrected chi connectivity index (χ4v) is 3.65. The van der Waals surface area contributed by atoms with Crippen molar-refractivity contribution in [1.82, 2.24) is 0 Å². The third kappa shape index (κ3) is 8.84. The fourth-order valence-electron chi connectivity index (χ4n) is 3.65. The summed E-state index contributed by atoms with van der Waals surface area (Å²) in [6.45, 7) is 13.0. The third-order valence-electron chi connectivity index (χ3n) is 6.14.